The van der Waals surface area contributed by atoms with Gasteiger partial charge in [0.25, 0.3) is 11.8 Å². The van der Waals surface area contributed by atoms with E-state index in [0.717, 1.165) is 4.90 Å². The fraction of sp³-hybridized carbons (Fsp3) is 0.0769. The van der Waals surface area contributed by atoms with Crippen molar-refractivity contribution in [3.8, 4) is 11.5 Å². The van der Waals surface area contributed by atoms with Gasteiger partial charge in [-0.25, -0.2) is 14.5 Å². The number of rotatable bonds is 7. The number of aromatic carboxylic acids is 1. The van der Waals surface area contributed by atoms with Crippen LogP contribution in [0.15, 0.2) is 76.8 Å². The molecule has 0 spiro atoms. The van der Waals surface area contributed by atoms with E-state index in [1.54, 1.807) is 54.6 Å². The predicted octanol–water partition coefficient (Wildman–Crippen LogP) is 4.40. The maximum Gasteiger partial charge on any atom is 0.335 e. The number of amides is 4. The van der Waals surface area contributed by atoms with Crippen LogP contribution in [0.2, 0.25) is 0 Å². The molecule has 3 aromatic rings. The minimum atomic E-state index is -1.04. The van der Waals surface area contributed by atoms with Gasteiger partial charge in [0.15, 0.2) is 11.5 Å². The normalized spacial score (nSPS) is 14.6. The lowest BCUT2D eigenvalue weighted by Gasteiger charge is -2.26. The molecule has 0 aromatic heterocycles. The third kappa shape index (κ3) is 5.13. The summed E-state index contributed by atoms with van der Waals surface area (Å²) in [6, 6.07) is 16.8. The van der Waals surface area contributed by atoms with Crippen molar-refractivity contribution in [3.05, 3.63) is 93.5 Å². The number of carbonyl (C=O) groups excluding carboxylic acids is 3. The Morgan fingerprint density at radius 1 is 1.06 bits per heavy atom. The molecule has 36 heavy (non-hydrogen) atoms. The number of imide groups is 2. The lowest BCUT2D eigenvalue weighted by atomic mass is 10.1. The second-order valence-corrected chi connectivity index (χ2v) is 8.52. The predicted molar refractivity (Wildman–Crippen MR) is 134 cm³/mol. The fourth-order valence-corrected chi connectivity index (χ4v) is 3.91. The third-order valence-corrected chi connectivity index (χ3v) is 5.77. The smallest absolute Gasteiger partial charge is 0.335 e. The first-order chi connectivity index (χ1) is 17.3. The largest absolute Gasteiger partial charge is 0.493 e. The second kappa shape index (κ2) is 10.4. The number of anilines is 1. The molecule has 182 valence electrons. The first-order valence-corrected chi connectivity index (χ1v) is 11.4. The lowest BCUT2D eigenvalue weighted by Crippen LogP contribution is -2.54. The van der Waals surface area contributed by atoms with E-state index in [2.05, 4.69) is 21.2 Å². The molecular weight excluding hydrogens is 532 g/mol. The average Bonchev–Trinajstić information content (AvgIpc) is 2.85. The number of barbiturate groups is 1. The summed E-state index contributed by atoms with van der Waals surface area (Å²) >= 11 is 3.31. The number of nitrogens with zero attached hydrogens (tertiary/aromatic N) is 1. The van der Waals surface area contributed by atoms with Crippen molar-refractivity contribution >= 4 is 51.5 Å². The Hall–Kier alpha value is -4.44. The SMILES string of the molecule is COc1cccc(/C=C2\C(=O)NC(=O)N(c3cccc(Br)c3)C2=O)c1OCc1ccc(C(=O)O)cc1. The van der Waals surface area contributed by atoms with Gasteiger partial charge in [0.2, 0.25) is 0 Å². The van der Waals surface area contributed by atoms with Gasteiger partial charge in [-0.15, -0.1) is 0 Å². The van der Waals surface area contributed by atoms with E-state index in [-0.39, 0.29) is 29.2 Å². The van der Waals surface area contributed by atoms with Crippen molar-refractivity contribution in [3.63, 3.8) is 0 Å². The summed E-state index contributed by atoms with van der Waals surface area (Å²) in [5.41, 5.74) is 1.24. The highest BCUT2D eigenvalue weighted by atomic mass is 79.9. The minimum absolute atomic E-state index is 0.0687. The molecule has 0 radical (unpaired) electrons. The second-order valence-electron chi connectivity index (χ2n) is 7.61. The molecule has 1 aliphatic heterocycles. The van der Waals surface area contributed by atoms with Gasteiger partial charge in [0, 0.05) is 10.0 Å². The highest BCUT2D eigenvalue weighted by Crippen LogP contribution is 2.34. The maximum absolute atomic E-state index is 13.2. The summed E-state index contributed by atoms with van der Waals surface area (Å²) in [6.45, 7) is 0.0687. The number of urea groups is 1. The van der Waals surface area contributed by atoms with E-state index in [1.165, 1.54) is 25.3 Å². The molecule has 0 bridgehead atoms. The number of ether oxygens (including phenoxy) is 2. The zero-order valence-corrected chi connectivity index (χ0v) is 20.4. The van der Waals surface area contributed by atoms with Crippen molar-refractivity contribution in [1.29, 1.82) is 0 Å². The molecule has 1 fully saturated rings. The van der Waals surface area contributed by atoms with Crippen LogP contribution in [0.5, 0.6) is 11.5 Å². The highest BCUT2D eigenvalue weighted by molar-refractivity contribution is 9.10. The van der Waals surface area contributed by atoms with Crippen LogP contribution >= 0.6 is 15.9 Å². The van der Waals surface area contributed by atoms with Crippen LogP contribution in [-0.4, -0.2) is 36.0 Å². The van der Waals surface area contributed by atoms with Crippen LogP contribution < -0.4 is 19.7 Å². The van der Waals surface area contributed by atoms with Gasteiger partial charge in [-0.1, -0.05) is 46.3 Å². The van der Waals surface area contributed by atoms with Crippen molar-refractivity contribution in [2.45, 2.75) is 6.61 Å². The Kier molecular flexibility index (Phi) is 7.16. The number of carboxylic acid groups (broad SMARTS) is 1. The molecule has 1 saturated heterocycles. The molecule has 0 atom stereocenters. The first-order valence-electron chi connectivity index (χ1n) is 10.6. The van der Waals surface area contributed by atoms with Crippen molar-refractivity contribution in [1.82, 2.24) is 5.32 Å². The van der Waals surface area contributed by atoms with Crippen molar-refractivity contribution in [2.24, 2.45) is 0 Å². The zero-order valence-electron chi connectivity index (χ0n) is 18.9. The Morgan fingerprint density at radius 2 is 1.78 bits per heavy atom. The summed E-state index contributed by atoms with van der Waals surface area (Å²) in [6.07, 6.45) is 1.33. The monoisotopic (exact) mass is 550 g/mol. The van der Waals surface area contributed by atoms with E-state index in [9.17, 15) is 19.2 Å². The van der Waals surface area contributed by atoms with Crippen molar-refractivity contribution in [2.75, 3.05) is 12.0 Å². The van der Waals surface area contributed by atoms with Gasteiger partial charge in [0.1, 0.15) is 12.2 Å². The molecule has 3 aromatic carbocycles. The number of methoxy groups -OCH3 is 1. The van der Waals surface area contributed by atoms with E-state index in [0.29, 0.717) is 21.3 Å². The number of hydrogen-bond donors (Lipinski definition) is 2. The molecule has 4 amide bonds. The van der Waals surface area contributed by atoms with E-state index < -0.39 is 23.8 Å². The van der Waals surface area contributed by atoms with Gasteiger partial charge in [-0.2, -0.15) is 0 Å². The van der Waals surface area contributed by atoms with Gasteiger partial charge >= 0.3 is 12.0 Å². The maximum atomic E-state index is 13.2. The van der Waals surface area contributed by atoms with E-state index in [1.807, 2.05) is 0 Å². The number of hydrogen-bond acceptors (Lipinski definition) is 6. The van der Waals surface area contributed by atoms with Crippen LogP contribution in [0.1, 0.15) is 21.5 Å². The van der Waals surface area contributed by atoms with Crippen LogP contribution in [0.3, 0.4) is 0 Å². The Morgan fingerprint density at radius 3 is 2.44 bits per heavy atom. The van der Waals surface area contributed by atoms with Gasteiger partial charge in [-0.3, -0.25) is 14.9 Å². The number of halogens is 1. The lowest BCUT2D eigenvalue weighted by molar-refractivity contribution is -0.122. The fourth-order valence-electron chi connectivity index (χ4n) is 3.52. The van der Waals surface area contributed by atoms with E-state index in [4.69, 9.17) is 14.6 Å². The first kappa shape index (κ1) is 24.7. The standard InChI is InChI=1S/C26H19BrN2O7/c1-35-21-7-2-4-17(22(21)36-14-15-8-10-16(11-9-15)25(32)33)12-20-23(30)28-26(34)29(24(20)31)19-6-3-5-18(27)13-19/h2-13H,14H2,1H3,(H,32,33)(H,28,30,34)/b20-12+. The summed E-state index contributed by atoms with van der Waals surface area (Å²) in [4.78, 5) is 50.3. The average molecular weight is 551 g/mol. The molecule has 10 heteroatoms. The number of para-hydroxylation sites is 1. The third-order valence-electron chi connectivity index (χ3n) is 5.28. The number of carbonyl (C=O) groups is 4. The van der Waals surface area contributed by atoms with Crippen molar-refractivity contribution < 1.29 is 33.8 Å². The molecule has 2 N–H and O–H groups in total. The van der Waals surface area contributed by atoms with Crippen LogP contribution in [0, 0.1) is 0 Å². The molecule has 4 rings (SSSR count). The molecule has 0 unspecified atom stereocenters. The van der Waals surface area contributed by atoms with Gasteiger partial charge < -0.3 is 14.6 Å². The Bertz CT molecular complexity index is 1400. The number of nitrogens with one attached hydrogen (secondary N) is 1. The molecule has 9 nitrogen and oxygen atoms in total. The topological polar surface area (TPSA) is 122 Å². The quantitative estimate of drug-likeness (QED) is 0.330. The van der Waals surface area contributed by atoms with Crippen LogP contribution in [0.4, 0.5) is 10.5 Å². The van der Waals surface area contributed by atoms with E-state index >= 15 is 0 Å². The highest BCUT2D eigenvalue weighted by Gasteiger charge is 2.37. The Labute approximate surface area is 214 Å². The van der Waals surface area contributed by atoms with Gasteiger partial charge in [-0.05, 0) is 48.0 Å². The minimum Gasteiger partial charge on any atom is -0.493 e. The summed E-state index contributed by atoms with van der Waals surface area (Å²) < 4.78 is 12.0. The number of benzene rings is 3. The summed E-state index contributed by atoms with van der Waals surface area (Å²) in [5, 5.41) is 11.3. The summed E-state index contributed by atoms with van der Waals surface area (Å²) in [7, 11) is 1.45. The molecule has 0 aliphatic carbocycles. The van der Waals surface area contributed by atoms with Crippen LogP contribution in [-0.2, 0) is 16.2 Å². The molecule has 0 saturated carbocycles. The molecular formula is C26H19BrN2O7. The van der Waals surface area contributed by atoms with Gasteiger partial charge in [0.05, 0.1) is 18.4 Å². The van der Waals surface area contributed by atoms with Crippen LogP contribution in [0.25, 0.3) is 6.08 Å². The molecule has 1 heterocycles. The summed E-state index contributed by atoms with van der Waals surface area (Å²) in [5.74, 6) is -2.04. The zero-order chi connectivity index (χ0) is 25.8. The Balaban J connectivity index is 1.67. The molecule has 1 aliphatic rings. The number of carboxylic acids is 1.